The third-order valence-electron chi connectivity index (χ3n) is 5.11. The molecule has 0 saturated carbocycles. The highest BCUT2D eigenvalue weighted by Gasteiger charge is 2.45. The summed E-state index contributed by atoms with van der Waals surface area (Å²) in [5.74, 6) is 0.0277. The quantitative estimate of drug-likeness (QED) is 0.856. The van der Waals surface area contributed by atoms with Crippen LogP contribution in [0.5, 0.6) is 0 Å². The second-order valence-electron chi connectivity index (χ2n) is 7.02. The Morgan fingerprint density at radius 1 is 0.962 bits per heavy atom. The van der Waals surface area contributed by atoms with Crippen LogP contribution in [0.3, 0.4) is 0 Å². The normalized spacial score (nSPS) is 22.7. The molecule has 1 saturated heterocycles. The van der Waals surface area contributed by atoms with Crippen LogP contribution < -0.4 is 4.90 Å². The largest absolute Gasteiger partial charge is 0.379 e. The van der Waals surface area contributed by atoms with Gasteiger partial charge < -0.3 is 14.6 Å². The Labute approximate surface area is 153 Å². The van der Waals surface area contributed by atoms with Gasteiger partial charge in [0.2, 0.25) is 5.60 Å². The minimum atomic E-state index is -0.903. The molecule has 2 aromatic rings. The highest BCUT2D eigenvalue weighted by Crippen LogP contribution is 2.29. The lowest BCUT2D eigenvalue weighted by Gasteiger charge is -2.38. The molecule has 26 heavy (non-hydrogen) atoms. The highest BCUT2D eigenvalue weighted by molar-refractivity contribution is 6.05. The van der Waals surface area contributed by atoms with E-state index in [1.807, 2.05) is 60.4 Å². The van der Waals surface area contributed by atoms with Crippen LogP contribution in [0.2, 0.25) is 0 Å². The van der Waals surface area contributed by atoms with E-state index >= 15 is 0 Å². The van der Waals surface area contributed by atoms with Crippen LogP contribution in [0, 0.1) is 0 Å². The van der Waals surface area contributed by atoms with Crippen molar-refractivity contribution in [1.29, 1.82) is 0 Å². The van der Waals surface area contributed by atoms with E-state index in [-0.39, 0.29) is 5.91 Å². The van der Waals surface area contributed by atoms with Gasteiger partial charge in [-0.25, -0.2) is 0 Å². The number of carbonyl (C=O) groups excluding carboxylic acids is 1. The molecule has 4 rings (SSSR count). The smallest absolute Gasteiger partial charge is 0.269 e. The van der Waals surface area contributed by atoms with Gasteiger partial charge in [0.15, 0.2) is 0 Å². The van der Waals surface area contributed by atoms with Crippen molar-refractivity contribution in [3.05, 3.63) is 66.2 Å². The van der Waals surface area contributed by atoms with E-state index in [1.165, 1.54) is 5.69 Å². The van der Waals surface area contributed by atoms with E-state index in [0.717, 1.165) is 24.4 Å². The molecule has 2 aromatic carbocycles. The summed E-state index contributed by atoms with van der Waals surface area (Å²) in [6.07, 6.45) is 0.509. The third-order valence-corrected chi connectivity index (χ3v) is 5.11. The summed E-state index contributed by atoms with van der Waals surface area (Å²) in [7, 11) is 0. The number of nitrogens with zero attached hydrogens (tertiary/aromatic N) is 3. The van der Waals surface area contributed by atoms with Crippen molar-refractivity contribution in [3.8, 4) is 0 Å². The fourth-order valence-electron chi connectivity index (χ4n) is 3.58. The van der Waals surface area contributed by atoms with Crippen LogP contribution in [0.15, 0.2) is 65.8 Å². The second kappa shape index (κ2) is 6.83. The summed E-state index contributed by atoms with van der Waals surface area (Å²) in [4.78, 5) is 22.9. The topological polar surface area (TPSA) is 45.1 Å². The minimum absolute atomic E-state index is 0.0277. The summed E-state index contributed by atoms with van der Waals surface area (Å²) < 4.78 is 0. The van der Waals surface area contributed by atoms with Crippen molar-refractivity contribution in [2.24, 2.45) is 5.16 Å². The average Bonchev–Trinajstić information content (AvgIpc) is 3.12. The molecule has 0 N–H and O–H groups in total. The number of hydrogen-bond donors (Lipinski definition) is 0. The number of benzene rings is 2. The number of para-hydroxylation sites is 1. The van der Waals surface area contributed by atoms with E-state index in [4.69, 9.17) is 4.84 Å². The van der Waals surface area contributed by atoms with Gasteiger partial charge in [0.05, 0.1) is 5.71 Å². The van der Waals surface area contributed by atoms with Gasteiger partial charge in [-0.05, 0) is 24.6 Å². The maximum atomic E-state index is 13.1. The lowest BCUT2D eigenvalue weighted by Crippen LogP contribution is -2.55. The number of rotatable bonds is 3. The Balaban J connectivity index is 1.38. The summed E-state index contributed by atoms with van der Waals surface area (Å²) >= 11 is 0. The summed E-state index contributed by atoms with van der Waals surface area (Å²) in [5.41, 5.74) is 2.15. The molecule has 0 aliphatic carbocycles. The SMILES string of the molecule is C[C@@]1(C(=O)N2CCN(c3ccccc3)CC2)CC(c2ccccc2)=NO1. The molecule has 0 aromatic heterocycles. The lowest BCUT2D eigenvalue weighted by atomic mass is 9.94. The zero-order valence-electron chi connectivity index (χ0n) is 15.0. The number of piperazine rings is 1. The van der Waals surface area contributed by atoms with Crippen molar-refractivity contribution in [2.45, 2.75) is 18.9 Å². The van der Waals surface area contributed by atoms with Gasteiger partial charge in [0.25, 0.3) is 5.91 Å². The van der Waals surface area contributed by atoms with Crippen molar-refractivity contribution in [2.75, 3.05) is 31.1 Å². The lowest BCUT2D eigenvalue weighted by molar-refractivity contribution is -0.153. The van der Waals surface area contributed by atoms with Gasteiger partial charge in [-0.1, -0.05) is 53.7 Å². The maximum Gasteiger partial charge on any atom is 0.269 e. The third kappa shape index (κ3) is 3.17. The van der Waals surface area contributed by atoms with Crippen LogP contribution in [0.1, 0.15) is 18.9 Å². The van der Waals surface area contributed by atoms with E-state index in [1.54, 1.807) is 0 Å². The van der Waals surface area contributed by atoms with E-state index in [0.29, 0.717) is 19.5 Å². The molecule has 0 radical (unpaired) electrons. The number of anilines is 1. The molecule has 5 nitrogen and oxygen atoms in total. The Hall–Kier alpha value is -2.82. The minimum Gasteiger partial charge on any atom is -0.379 e. The average molecular weight is 349 g/mol. The molecule has 0 spiro atoms. The molecule has 2 aliphatic heterocycles. The van der Waals surface area contributed by atoms with Gasteiger partial charge in [0, 0.05) is 38.3 Å². The number of hydrogen-bond acceptors (Lipinski definition) is 4. The molecule has 0 bridgehead atoms. The van der Waals surface area contributed by atoms with Crippen molar-refractivity contribution in [3.63, 3.8) is 0 Å². The molecule has 5 heteroatoms. The van der Waals surface area contributed by atoms with Crippen molar-refractivity contribution >= 4 is 17.3 Å². The molecule has 1 fully saturated rings. The van der Waals surface area contributed by atoms with Crippen LogP contribution in [-0.4, -0.2) is 48.3 Å². The first-order valence-electron chi connectivity index (χ1n) is 9.06. The monoisotopic (exact) mass is 349 g/mol. The number of oxime groups is 1. The van der Waals surface area contributed by atoms with Crippen LogP contribution in [0.25, 0.3) is 0 Å². The Morgan fingerprint density at radius 2 is 1.58 bits per heavy atom. The molecular weight excluding hydrogens is 326 g/mol. The van der Waals surface area contributed by atoms with Crippen LogP contribution >= 0.6 is 0 Å². The molecule has 1 atom stereocenters. The zero-order chi connectivity index (χ0) is 18.0. The maximum absolute atomic E-state index is 13.1. The highest BCUT2D eigenvalue weighted by atomic mass is 16.7. The Bertz CT molecular complexity index is 799. The van der Waals surface area contributed by atoms with E-state index in [2.05, 4.69) is 22.2 Å². The molecule has 2 aliphatic rings. The molecule has 134 valence electrons. The van der Waals surface area contributed by atoms with Crippen LogP contribution in [-0.2, 0) is 9.63 Å². The van der Waals surface area contributed by atoms with Crippen LogP contribution in [0.4, 0.5) is 5.69 Å². The predicted molar refractivity (Wildman–Crippen MR) is 102 cm³/mol. The Kier molecular flexibility index (Phi) is 4.37. The number of amides is 1. The summed E-state index contributed by atoms with van der Waals surface area (Å²) in [6.45, 7) is 4.91. The predicted octanol–water partition coefficient (Wildman–Crippen LogP) is 2.92. The van der Waals surface area contributed by atoms with Gasteiger partial charge in [-0.15, -0.1) is 0 Å². The van der Waals surface area contributed by atoms with Gasteiger partial charge in [-0.2, -0.15) is 0 Å². The fourth-order valence-corrected chi connectivity index (χ4v) is 3.58. The van der Waals surface area contributed by atoms with Crippen molar-refractivity contribution in [1.82, 2.24) is 4.90 Å². The van der Waals surface area contributed by atoms with E-state index in [9.17, 15) is 4.79 Å². The fraction of sp³-hybridized carbons (Fsp3) is 0.333. The van der Waals surface area contributed by atoms with Gasteiger partial charge in [0.1, 0.15) is 0 Å². The Morgan fingerprint density at radius 3 is 2.23 bits per heavy atom. The van der Waals surface area contributed by atoms with Crippen molar-refractivity contribution < 1.29 is 9.63 Å². The first-order chi connectivity index (χ1) is 12.7. The summed E-state index contributed by atoms with van der Waals surface area (Å²) in [5, 5.41) is 4.20. The summed E-state index contributed by atoms with van der Waals surface area (Å²) in [6, 6.07) is 20.2. The zero-order valence-corrected chi connectivity index (χ0v) is 15.0. The molecule has 1 amide bonds. The van der Waals surface area contributed by atoms with Gasteiger partial charge in [-0.3, -0.25) is 4.79 Å². The molecular formula is C21H23N3O2. The molecule has 0 unspecified atom stereocenters. The number of carbonyl (C=O) groups is 1. The van der Waals surface area contributed by atoms with Gasteiger partial charge >= 0.3 is 0 Å². The first-order valence-corrected chi connectivity index (χ1v) is 9.06. The second-order valence-corrected chi connectivity index (χ2v) is 7.02. The van der Waals surface area contributed by atoms with E-state index < -0.39 is 5.60 Å². The molecule has 2 heterocycles. The standard InChI is InChI=1S/C21H23N3O2/c1-21(16-19(22-26-21)17-8-4-2-5-9-17)20(25)24-14-12-23(13-15-24)18-10-6-3-7-11-18/h2-11H,12-16H2,1H3/t21-/m0/s1. The first kappa shape index (κ1) is 16.6.